The van der Waals surface area contributed by atoms with Gasteiger partial charge >= 0.3 is 0 Å². The summed E-state index contributed by atoms with van der Waals surface area (Å²) in [6.07, 6.45) is 1.89. The van der Waals surface area contributed by atoms with Gasteiger partial charge in [0.25, 0.3) is 0 Å². The molecule has 1 aromatic carbocycles. The van der Waals surface area contributed by atoms with Crippen molar-refractivity contribution >= 4 is 5.91 Å². The Hall–Kier alpha value is -3.06. The smallest absolute Gasteiger partial charge is 0.224 e. The van der Waals surface area contributed by atoms with E-state index in [9.17, 15) is 9.18 Å². The number of rotatable bonds is 5. The summed E-state index contributed by atoms with van der Waals surface area (Å²) >= 11 is 0. The number of aromatic nitrogens is 3. The van der Waals surface area contributed by atoms with E-state index in [2.05, 4.69) is 4.98 Å². The summed E-state index contributed by atoms with van der Waals surface area (Å²) in [6, 6.07) is 9.33. The maximum Gasteiger partial charge on any atom is 0.224 e. The van der Waals surface area contributed by atoms with Gasteiger partial charge in [-0.3, -0.25) is 14.5 Å². The molecular weight excluding hydrogens is 381 g/mol. The number of fused-ring (bicyclic) bond motifs is 1. The first kappa shape index (κ1) is 16.7. The van der Waals surface area contributed by atoms with Crippen molar-refractivity contribution in [3.63, 3.8) is 0 Å². The van der Waals surface area contributed by atoms with Gasteiger partial charge in [0, 0.05) is 46.6 Å². The molecule has 1 aliphatic rings. The fourth-order valence-corrected chi connectivity index (χ4v) is 3.71. The van der Waals surface area contributed by atoms with Crippen LogP contribution >= 0.6 is 0 Å². The van der Waals surface area contributed by atoms with Crippen LogP contribution in [0.5, 0.6) is 0 Å². The summed E-state index contributed by atoms with van der Waals surface area (Å²) in [5.74, 6) is -0.293. The molecule has 0 radical (unpaired) electrons. The molecule has 0 aliphatic carbocycles. The van der Waals surface area contributed by atoms with Crippen molar-refractivity contribution in [3.05, 3.63) is 59.8 Å². The molecule has 0 fully saturated rings. The second kappa shape index (κ2) is 8.36. The van der Waals surface area contributed by atoms with E-state index < -0.39 is 6.85 Å². The van der Waals surface area contributed by atoms with E-state index in [1.54, 1.807) is 24.3 Å². The van der Waals surface area contributed by atoms with Gasteiger partial charge in [-0.05, 0) is 62.9 Å². The Bertz CT molecular complexity index is 1160. The molecule has 0 atom stereocenters. The lowest BCUT2D eigenvalue weighted by molar-refractivity contribution is -0.132. The van der Waals surface area contributed by atoms with E-state index >= 15 is 0 Å². The fraction of sp³-hybridized carbons (Fsp3) is 0.348. The first-order chi connectivity index (χ1) is 15.6. The molecule has 3 heterocycles. The predicted molar refractivity (Wildman–Crippen MR) is 114 cm³/mol. The van der Waals surface area contributed by atoms with E-state index in [-0.39, 0.29) is 17.4 Å². The zero-order valence-electron chi connectivity index (χ0n) is 20.1. The molecule has 7 heteroatoms. The highest BCUT2D eigenvalue weighted by Gasteiger charge is 2.28. The maximum absolute atomic E-state index is 13.6. The molecule has 30 heavy (non-hydrogen) atoms. The fourth-order valence-electron chi connectivity index (χ4n) is 3.71. The number of pyridine rings is 1. The summed E-state index contributed by atoms with van der Waals surface area (Å²) in [4.78, 5) is 20.6. The lowest BCUT2D eigenvalue weighted by Gasteiger charge is -2.29. The predicted octanol–water partition coefficient (Wildman–Crippen LogP) is 3.35. The Morgan fingerprint density at radius 3 is 2.73 bits per heavy atom. The standard InChI is InChI=1S/C23H26FN5O/c1-16-14-18(8-10-25-16)22-20-15-28(21(30)9-11-27(2)3)12-13-29(20)26-23(22)17-4-6-19(24)7-5-17/h4-8,10,14H,9,11-13,15H2,1-3H3/i1D3. The zero-order valence-corrected chi connectivity index (χ0v) is 17.1. The van der Waals surface area contributed by atoms with E-state index in [4.69, 9.17) is 9.21 Å². The lowest BCUT2D eigenvalue weighted by Crippen LogP contribution is -2.39. The Morgan fingerprint density at radius 1 is 1.20 bits per heavy atom. The van der Waals surface area contributed by atoms with E-state index in [0.717, 1.165) is 11.3 Å². The van der Waals surface area contributed by atoms with Crippen molar-refractivity contribution in [1.82, 2.24) is 24.6 Å². The number of carbonyl (C=O) groups excluding carboxylic acids is 1. The third kappa shape index (κ3) is 4.11. The molecule has 0 N–H and O–H groups in total. The van der Waals surface area contributed by atoms with Gasteiger partial charge in [-0.15, -0.1) is 0 Å². The highest BCUT2D eigenvalue weighted by Crippen LogP contribution is 2.36. The molecule has 4 rings (SSSR count). The minimum absolute atomic E-state index is 0.0141. The number of benzene rings is 1. The van der Waals surface area contributed by atoms with Crippen molar-refractivity contribution in [3.8, 4) is 22.4 Å². The Labute approximate surface area is 180 Å². The molecule has 156 valence electrons. The monoisotopic (exact) mass is 410 g/mol. The van der Waals surface area contributed by atoms with Crippen molar-refractivity contribution in [2.75, 3.05) is 27.2 Å². The number of carbonyl (C=O) groups is 1. The van der Waals surface area contributed by atoms with Crippen LogP contribution in [0.3, 0.4) is 0 Å². The van der Waals surface area contributed by atoms with Crippen LogP contribution in [-0.2, 0) is 17.9 Å². The van der Waals surface area contributed by atoms with Gasteiger partial charge in [0.2, 0.25) is 5.91 Å². The molecular formula is C23H26FN5O. The second-order valence-corrected chi connectivity index (χ2v) is 7.70. The molecule has 1 aliphatic heterocycles. The first-order valence-electron chi connectivity index (χ1n) is 11.4. The first-order valence-corrected chi connectivity index (χ1v) is 9.88. The van der Waals surface area contributed by atoms with Gasteiger partial charge in [-0.1, -0.05) is 0 Å². The minimum atomic E-state index is -2.35. The Kier molecular flexibility index (Phi) is 4.65. The average Bonchev–Trinajstić information content (AvgIpc) is 3.16. The number of nitrogens with zero attached hydrogens (tertiary/aromatic N) is 5. The SMILES string of the molecule is [2H]C([2H])([2H])c1cc(-c2c(-c3ccc(F)cc3)nn3c2CN(C(=O)CCN(C)C)CC3)ccn1. The Morgan fingerprint density at radius 2 is 2.00 bits per heavy atom. The van der Waals surface area contributed by atoms with Crippen molar-refractivity contribution in [1.29, 1.82) is 0 Å². The summed E-state index contributed by atoms with van der Waals surface area (Å²) in [6.45, 7) is -0.266. The summed E-state index contributed by atoms with van der Waals surface area (Å²) in [5.41, 5.74) is 3.53. The molecule has 0 saturated carbocycles. The van der Waals surface area contributed by atoms with Gasteiger partial charge in [0.1, 0.15) is 11.5 Å². The van der Waals surface area contributed by atoms with Gasteiger partial charge in [0.05, 0.1) is 18.8 Å². The van der Waals surface area contributed by atoms with Gasteiger partial charge < -0.3 is 9.80 Å². The van der Waals surface area contributed by atoms with Crippen LogP contribution in [0, 0.1) is 12.7 Å². The quantitative estimate of drug-likeness (QED) is 0.647. The van der Waals surface area contributed by atoms with Gasteiger partial charge in [0.15, 0.2) is 0 Å². The molecule has 0 unspecified atom stereocenters. The minimum Gasteiger partial charge on any atom is -0.335 e. The van der Waals surface area contributed by atoms with Crippen LogP contribution < -0.4 is 0 Å². The van der Waals surface area contributed by atoms with Crippen molar-refractivity contribution in [2.24, 2.45) is 0 Å². The number of hydrogen-bond acceptors (Lipinski definition) is 4. The normalized spacial score (nSPS) is 15.5. The highest BCUT2D eigenvalue weighted by molar-refractivity contribution is 5.84. The molecule has 0 saturated heterocycles. The second-order valence-electron chi connectivity index (χ2n) is 7.70. The van der Waals surface area contributed by atoms with E-state index in [0.29, 0.717) is 49.4 Å². The van der Waals surface area contributed by atoms with Crippen LogP contribution in [-0.4, -0.2) is 57.7 Å². The maximum atomic E-state index is 13.6. The van der Waals surface area contributed by atoms with E-state index in [1.165, 1.54) is 18.3 Å². The zero-order chi connectivity index (χ0) is 23.8. The lowest BCUT2D eigenvalue weighted by atomic mass is 9.98. The van der Waals surface area contributed by atoms with Crippen LogP contribution in [0.25, 0.3) is 22.4 Å². The van der Waals surface area contributed by atoms with Crippen LogP contribution in [0.2, 0.25) is 0 Å². The molecule has 0 spiro atoms. The highest BCUT2D eigenvalue weighted by atomic mass is 19.1. The molecule has 6 nitrogen and oxygen atoms in total. The summed E-state index contributed by atoms with van der Waals surface area (Å²) in [7, 11) is 3.86. The largest absolute Gasteiger partial charge is 0.335 e. The molecule has 3 aromatic rings. The number of aryl methyl sites for hydroxylation is 1. The molecule has 1 amide bonds. The molecule has 2 aromatic heterocycles. The Balaban J connectivity index is 1.80. The third-order valence-electron chi connectivity index (χ3n) is 5.27. The average molecular weight is 411 g/mol. The van der Waals surface area contributed by atoms with Crippen LogP contribution in [0.4, 0.5) is 4.39 Å². The number of amides is 1. The molecule has 0 bridgehead atoms. The summed E-state index contributed by atoms with van der Waals surface area (Å²) < 4.78 is 38.7. The van der Waals surface area contributed by atoms with Crippen LogP contribution in [0.1, 0.15) is 21.9 Å². The number of hydrogen-bond donors (Lipinski definition) is 0. The van der Waals surface area contributed by atoms with Crippen molar-refractivity contribution in [2.45, 2.75) is 26.4 Å². The van der Waals surface area contributed by atoms with Crippen LogP contribution in [0.15, 0.2) is 42.6 Å². The summed E-state index contributed by atoms with van der Waals surface area (Å²) in [5, 5.41) is 4.77. The third-order valence-corrected chi connectivity index (χ3v) is 5.27. The number of halogens is 1. The van der Waals surface area contributed by atoms with E-state index in [1.807, 2.05) is 28.6 Å². The van der Waals surface area contributed by atoms with Crippen molar-refractivity contribution < 1.29 is 13.3 Å². The van der Waals surface area contributed by atoms with Gasteiger partial charge in [-0.25, -0.2) is 4.39 Å². The van der Waals surface area contributed by atoms with Gasteiger partial charge in [-0.2, -0.15) is 5.10 Å². The topological polar surface area (TPSA) is 54.3 Å².